The maximum Gasteiger partial charge on any atom is 0.328 e. The minimum absolute atomic E-state index is 0.471. The van der Waals surface area contributed by atoms with Gasteiger partial charge in [-0.15, -0.1) is 0 Å². The second-order valence-corrected chi connectivity index (χ2v) is 4.13. The highest BCUT2D eigenvalue weighted by atomic mass is 79.9. The lowest BCUT2D eigenvalue weighted by Crippen LogP contribution is -2.49. The first-order valence-corrected chi connectivity index (χ1v) is 6.05. The van der Waals surface area contributed by atoms with Crippen molar-refractivity contribution < 1.29 is 19.8 Å². The van der Waals surface area contributed by atoms with Crippen LogP contribution in [0.4, 0.5) is 0 Å². The molecule has 0 aromatic rings. The van der Waals surface area contributed by atoms with Crippen molar-refractivity contribution in [3.05, 3.63) is 0 Å². The number of hydrogen-bond donors (Lipinski definition) is 5. The molecule has 0 spiro atoms. The van der Waals surface area contributed by atoms with Gasteiger partial charge in [0.1, 0.15) is 6.04 Å². The van der Waals surface area contributed by atoms with E-state index in [4.69, 9.17) is 15.9 Å². The van der Waals surface area contributed by atoms with E-state index in [9.17, 15) is 9.59 Å². The van der Waals surface area contributed by atoms with E-state index < -0.39 is 30.6 Å². The van der Waals surface area contributed by atoms with Gasteiger partial charge in [-0.2, -0.15) is 0 Å². The normalized spacial score (nSPS) is 14.1. The van der Waals surface area contributed by atoms with Gasteiger partial charge < -0.3 is 21.3 Å². The first kappa shape index (κ1) is 16.3. The Bertz CT molecular complexity index is 252. The minimum atomic E-state index is -1.29. The molecule has 0 fully saturated rings. The first-order valence-electron chi connectivity index (χ1n) is 5.26. The van der Waals surface area contributed by atoms with Gasteiger partial charge in [0, 0.05) is 22.7 Å². The maximum absolute atomic E-state index is 11.4. The number of carboxylic acid groups (broad SMARTS) is 1. The Hall–Kier alpha value is -0.700. The molecule has 0 heterocycles. The number of carboxylic acids is 1. The van der Waals surface area contributed by atoms with Crippen LogP contribution >= 0.6 is 16.1 Å². The van der Waals surface area contributed by atoms with Crippen molar-refractivity contribution in [2.45, 2.75) is 31.3 Å². The fourth-order valence-electron chi connectivity index (χ4n) is 1.15. The lowest BCUT2D eigenvalue weighted by molar-refractivity contribution is -0.143. The lowest BCUT2D eigenvalue weighted by atomic mass is 10.1. The Morgan fingerprint density at radius 1 is 1.35 bits per heavy atom. The molecule has 0 aliphatic rings. The molecule has 2 atom stereocenters. The fraction of sp³-hybridized carbons (Fsp3) is 0.778. The number of carbonyl (C=O) groups is 2. The molecule has 0 aromatic carbocycles. The standard InChI is InChI=1S/C9H18BrN3O4/c10-12-4-2-1-3-6(11)8(15)13-7(5-14)9(16)17/h6-7,12,14H,1-5,11H2,(H,13,15)(H,16,17)/t6-,7-/m0/s1. The summed E-state index contributed by atoms with van der Waals surface area (Å²) in [6.45, 7) is 0.115. The number of aliphatic hydroxyl groups excluding tert-OH is 1. The highest BCUT2D eigenvalue weighted by Gasteiger charge is 2.21. The summed E-state index contributed by atoms with van der Waals surface area (Å²) in [6, 6.07) is -2.04. The van der Waals surface area contributed by atoms with Gasteiger partial charge in [-0.3, -0.25) is 9.14 Å². The van der Waals surface area contributed by atoms with Gasteiger partial charge in [0.2, 0.25) is 5.91 Å². The molecule has 0 aliphatic heterocycles. The van der Waals surface area contributed by atoms with Crippen LogP contribution in [0.5, 0.6) is 0 Å². The number of aliphatic hydroxyl groups is 1. The number of nitrogens with two attached hydrogens (primary N) is 1. The van der Waals surface area contributed by atoms with Crippen molar-refractivity contribution in [1.82, 2.24) is 9.66 Å². The number of unbranched alkanes of at least 4 members (excludes halogenated alkanes) is 1. The van der Waals surface area contributed by atoms with Crippen molar-refractivity contribution in [3.63, 3.8) is 0 Å². The number of hydrogen-bond acceptors (Lipinski definition) is 5. The Morgan fingerprint density at radius 3 is 2.47 bits per heavy atom. The second-order valence-electron chi connectivity index (χ2n) is 3.57. The Morgan fingerprint density at radius 2 is 2.00 bits per heavy atom. The number of rotatable bonds is 9. The third-order valence-electron chi connectivity index (χ3n) is 2.17. The van der Waals surface area contributed by atoms with E-state index in [1.807, 2.05) is 0 Å². The molecule has 0 aromatic heterocycles. The summed E-state index contributed by atoms with van der Waals surface area (Å²) < 4.78 is 2.79. The van der Waals surface area contributed by atoms with Crippen molar-refractivity contribution >= 4 is 28.0 Å². The molecule has 8 heteroatoms. The third kappa shape index (κ3) is 7.27. The molecule has 1 amide bonds. The Labute approximate surface area is 108 Å². The molecule has 0 rings (SSSR count). The summed E-state index contributed by atoms with van der Waals surface area (Å²) >= 11 is 3.05. The Balaban J connectivity index is 3.91. The van der Waals surface area contributed by atoms with E-state index in [1.54, 1.807) is 0 Å². The molecule has 0 bridgehead atoms. The van der Waals surface area contributed by atoms with E-state index in [0.29, 0.717) is 6.42 Å². The van der Waals surface area contributed by atoms with Crippen LogP contribution in [-0.2, 0) is 9.59 Å². The second kappa shape index (κ2) is 9.34. The average molecular weight is 312 g/mol. The summed E-state index contributed by atoms with van der Waals surface area (Å²) in [7, 11) is 0. The average Bonchev–Trinajstić information content (AvgIpc) is 2.30. The maximum atomic E-state index is 11.4. The van der Waals surface area contributed by atoms with Crippen LogP contribution in [0, 0.1) is 0 Å². The molecule has 100 valence electrons. The van der Waals surface area contributed by atoms with Gasteiger partial charge in [0.05, 0.1) is 12.6 Å². The van der Waals surface area contributed by atoms with E-state index in [1.165, 1.54) is 0 Å². The zero-order chi connectivity index (χ0) is 13.3. The Kier molecular flexibility index (Phi) is 8.96. The summed E-state index contributed by atoms with van der Waals surface area (Å²) in [5.74, 6) is -1.84. The molecular formula is C9H18BrN3O4. The quantitative estimate of drug-likeness (QED) is 0.273. The molecule has 17 heavy (non-hydrogen) atoms. The van der Waals surface area contributed by atoms with E-state index in [-0.39, 0.29) is 0 Å². The van der Waals surface area contributed by atoms with Crippen molar-refractivity contribution in [1.29, 1.82) is 0 Å². The molecule has 0 saturated heterocycles. The number of aliphatic carboxylic acids is 1. The van der Waals surface area contributed by atoms with Crippen LogP contribution in [0.3, 0.4) is 0 Å². The van der Waals surface area contributed by atoms with E-state index in [2.05, 4.69) is 25.8 Å². The zero-order valence-corrected chi connectivity index (χ0v) is 10.9. The molecule has 7 nitrogen and oxygen atoms in total. The largest absolute Gasteiger partial charge is 0.480 e. The van der Waals surface area contributed by atoms with Gasteiger partial charge in [-0.05, 0) is 12.8 Å². The summed E-state index contributed by atoms with van der Waals surface area (Å²) in [6.07, 6.45) is 2.08. The number of carbonyl (C=O) groups excluding carboxylic acids is 1. The predicted molar refractivity (Wildman–Crippen MR) is 65.4 cm³/mol. The predicted octanol–water partition coefficient (Wildman–Crippen LogP) is -1.05. The van der Waals surface area contributed by atoms with Gasteiger partial charge in [-0.25, -0.2) is 4.79 Å². The van der Waals surface area contributed by atoms with Crippen LogP contribution in [-0.4, -0.2) is 47.3 Å². The number of halogens is 1. The third-order valence-corrected chi connectivity index (χ3v) is 2.57. The molecule has 0 unspecified atom stereocenters. The van der Waals surface area contributed by atoms with Gasteiger partial charge >= 0.3 is 5.97 Å². The van der Waals surface area contributed by atoms with Crippen molar-refractivity contribution in [2.24, 2.45) is 5.73 Å². The summed E-state index contributed by atoms with van der Waals surface area (Å²) in [4.78, 5) is 22.0. The molecule has 0 radical (unpaired) electrons. The molecular weight excluding hydrogens is 294 g/mol. The number of amides is 1. The molecule has 6 N–H and O–H groups in total. The van der Waals surface area contributed by atoms with Crippen LogP contribution in [0.15, 0.2) is 0 Å². The molecule has 0 saturated carbocycles. The van der Waals surface area contributed by atoms with Crippen molar-refractivity contribution in [3.8, 4) is 0 Å². The smallest absolute Gasteiger partial charge is 0.328 e. The van der Waals surface area contributed by atoms with Gasteiger partial charge in [0.25, 0.3) is 0 Å². The van der Waals surface area contributed by atoms with Crippen LogP contribution in [0.2, 0.25) is 0 Å². The monoisotopic (exact) mass is 311 g/mol. The fourth-order valence-corrected chi connectivity index (χ4v) is 1.43. The number of nitrogens with one attached hydrogen (secondary N) is 2. The molecule has 0 aliphatic carbocycles. The summed E-state index contributed by atoms with van der Waals surface area (Å²) in [5, 5.41) is 19.5. The zero-order valence-electron chi connectivity index (χ0n) is 9.36. The summed E-state index contributed by atoms with van der Waals surface area (Å²) in [5.41, 5.74) is 5.58. The SMILES string of the molecule is N[C@@H](CCCCNBr)C(=O)N[C@@H](CO)C(=O)O. The van der Waals surface area contributed by atoms with E-state index in [0.717, 1.165) is 19.4 Å². The van der Waals surface area contributed by atoms with Crippen molar-refractivity contribution in [2.75, 3.05) is 13.2 Å². The van der Waals surface area contributed by atoms with E-state index >= 15 is 0 Å². The minimum Gasteiger partial charge on any atom is -0.480 e. The van der Waals surface area contributed by atoms with Crippen LogP contribution in [0.1, 0.15) is 19.3 Å². The lowest BCUT2D eigenvalue weighted by Gasteiger charge is -2.15. The first-order chi connectivity index (χ1) is 8.02. The van der Waals surface area contributed by atoms with Gasteiger partial charge in [-0.1, -0.05) is 6.42 Å². The topological polar surface area (TPSA) is 125 Å². The van der Waals surface area contributed by atoms with Crippen LogP contribution < -0.4 is 15.4 Å². The van der Waals surface area contributed by atoms with Crippen LogP contribution in [0.25, 0.3) is 0 Å². The highest BCUT2D eigenvalue weighted by molar-refractivity contribution is 9.08. The van der Waals surface area contributed by atoms with Gasteiger partial charge in [0.15, 0.2) is 0 Å². The highest BCUT2D eigenvalue weighted by Crippen LogP contribution is 1.99.